The average Bonchev–Trinajstić information content (AvgIpc) is 2.90. The summed E-state index contributed by atoms with van der Waals surface area (Å²) < 4.78 is 10.1. The second-order valence-corrected chi connectivity index (χ2v) is 6.65. The summed E-state index contributed by atoms with van der Waals surface area (Å²) in [5.41, 5.74) is 0.907. The molecule has 4 nitrogen and oxygen atoms in total. The second-order valence-electron chi connectivity index (χ2n) is 4.85. The van der Waals surface area contributed by atoms with Gasteiger partial charge in [0.25, 0.3) is 0 Å². The van der Waals surface area contributed by atoms with Crippen LogP contribution in [-0.2, 0) is 10.5 Å². The molecule has 2 rings (SSSR count). The molecule has 0 spiro atoms. The van der Waals surface area contributed by atoms with E-state index in [-0.39, 0.29) is 5.92 Å². The zero-order valence-electron chi connectivity index (χ0n) is 12.4. The number of carbonyl (C=O) groups excluding carboxylic acids is 1. The highest BCUT2D eigenvalue weighted by atomic mass is 35.5. The number of ether oxygens (including phenoxy) is 1. The summed E-state index contributed by atoms with van der Waals surface area (Å²) in [5.74, 6) is 0.507. The van der Waals surface area contributed by atoms with E-state index in [9.17, 15) is 4.79 Å². The molecule has 2 aromatic rings. The van der Waals surface area contributed by atoms with Crippen LogP contribution in [0, 0.1) is 0 Å². The molecule has 0 aliphatic rings. The molecule has 0 saturated heterocycles. The fourth-order valence-corrected chi connectivity index (χ4v) is 3.53. The molecule has 0 N–H and O–H groups in total. The minimum absolute atomic E-state index is 0.0317. The van der Waals surface area contributed by atoms with Crippen LogP contribution in [0.2, 0.25) is 10.0 Å². The van der Waals surface area contributed by atoms with Crippen LogP contribution in [-0.4, -0.2) is 18.2 Å². The van der Waals surface area contributed by atoms with Gasteiger partial charge in [0.1, 0.15) is 11.3 Å². The third-order valence-electron chi connectivity index (χ3n) is 2.98. The van der Waals surface area contributed by atoms with Gasteiger partial charge in [0, 0.05) is 16.6 Å². The van der Waals surface area contributed by atoms with Gasteiger partial charge in [-0.2, -0.15) is 0 Å². The van der Waals surface area contributed by atoms with Crippen molar-refractivity contribution in [2.75, 3.05) is 7.11 Å². The summed E-state index contributed by atoms with van der Waals surface area (Å²) in [6.07, 6.45) is 0. The monoisotopic (exact) mass is 359 g/mol. The van der Waals surface area contributed by atoms with Crippen LogP contribution in [0.5, 0.6) is 0 Å². The van der Waals surface area contributed by atoms with Gasteiger partial charge in [-0.05, 0) is 12.1 Å². The Morgan fingerprint density at radius 1 is 1.36 bits per heavy atom. The molecule has 118 valence electrons. The molecule has 1 aromatic heterocycles. The number of carbonyl (C=O) groups is 1. The highest BCUT2D eigenvalue weighted by Gasteiger charge is 2.25. The smallest absolute Gasteiger partial charge is 0.343 e. The van der Waals surface area contributed by atoms with Gasteiger partial charge in [-0.15, -0.1) is 11.8 Å². The molecule has 0 fully saturated rings. The Kier molecular flexibility index (Phi) is 5.78. The second kappa shape index (κ2) is 7.40. The number of methoxy groups -OCH3 is 1. The molecule has 1 heterocycles. The van der Waals surface area contributed by atoms with Crippen molar-refractivity contribution in [3.8, 4) is 0 Å². The van der Waals surface area contributed by atoms with Crippen LogP contribution in [0.4, 0.5) is 0 Å². The van der Waals surface area contributed by atoms with Crippen LogP contribution >= 0.6 is 35.0 Å². The lowest BCUT2D eigenvalue weighted by Crippen LogP contribution is -2.07. The molecule has 22 heavy (non-hydrogen) atoms. The van der Waals surface area contributed by atoms with Gasteiger partial charge in [0.05, 0.1) is 17.2 Å². The van der Waals surface area contributed by atoms with Crippen molar-refractivity contribution in [3.63, 3.8) is 0 Å². The molecular formula is C15H15Cl2NO3S. The Bertz CT molecular complexity index is 665. The number of nitrogens with zero attached hydrogens (tertiary/aromatic N) is 1. The molecule has 0 amide bonds. The van der Waals surface area contributed by atoms with Crippen molar-refractivity contribution >= 4 is 40.9 Å². The number of halogens is 2. The minimum atomic E-state index is -0.453. The first-order chi connectivity index (χ1) is 10.5. The lowest BCUT2D eigenvalue weighted by atomic mass is 10.1. The van der Waals surface area contributed by atoms with Gasteiger partial charge in [-0.3, -0.25) is 0 Å². The van der Waals surface area contributed by atoms with Crippen molar-refractivity contribution in [1.82, 2.24) is 5.16 Å². The molecule has 0 aliphatic heterocycles. The maximum absolute atomic E-state index is 12.0. The fourth-order valence-electron chi connectivity index (χ4n) is 1.91. The van der Waals surface area contributed by atoms with E-state index in [2.05, 4.69) is 5.16 Å². The third kappa shape index (κ3) is 3.59. The van der Waals surface area contributed by atoms with Crippen LogP contribution in [0.3, 0.4) is 0 Å². The minimum Gasteiger partial charge on any atom is -0.465 e. The molecule has 7 heteroatoms. The predicted molar refractivity (Wildman–Crippen MR) is 88.0 cm³/mol. The summed E-state index contributed by atoms with van der Waals surface area (Å²) in [4.78, 5) is 12.7. The summed E-state index contributed by atoms with van der Waals surface area (Å²) in [5, 5.41) is 5.12. The van der Waals surface area contributed by atoms with Gasteiger partial charge in [0.15, 0.2) is 5.76 Å². The Balaban J connectivity index is 2.29. The Labute approximate surface area is 143 Å². The van der Waals surface area contributed by atoms with Gasteiger partial charge < -0.3 is 9.26 Å². The van der Waals surface area contributed by atoms with E-state index in [1.54, 1.807) is 18.2 Å². The molecule has 0 saturated carbocycles. The van der Waals surface area contributed by atoms with Gasteiger partial charge in [-0.25, -0.2) is 4.79 Å². The largest absolute Gasteiger partial charge is 0.465 e. The zero-order valence-corrected chi connectivity index (χ0v) is 14.7. The number of esters is 1. The van der Waals surface area contributed by atoms with Gasteiger partial charge in [0.2, 0.25) is 0 Å². The van der Waals surface area contributed by atoms with Crippen LogP contribution < -0.4 is 0 Å². The lowest BCUT2D eigenvalue weighted by Gasteiger charge is -2.06. The maximum Gasteiger partial charge on any atom is 0.343 e. The molecule has 0 radical (unpaired) electrons. The quantitative estimate of drug-likeness (QED) is 0.543. The van der Waals surface area contributed by atoms with E-state index < -0.39 is 5.97 Å². The zero-order chi connectivity index (χ0) is 16.3. The Morgan fingerprint density at radius 3 is 2.55 bits per heavy atom. The highest BCUT2D eigenvalue weighted by Crippen LogP contribution is 2.36. The first-order valence-electron chi connectivity index (χ1n) is 6.59. The summed E-state index contributed by atoms with van der Waals surface area (Å²) >= 11 is 13.7. The summed E-state index contributed by atoms with van der Waals surface area (Å²) in [6, 6.07) is 5.31. The number of aromatic nitrogens is 1. The number of hydrogen-bond acceptors (Lipinski definition) is 5. The van der Waals surface area contributed by atoms with E-state index in [1.165, 1.54) is 18.9 Å². The predicted octanol–water partition coefficient (Wildman–Crippen LogP) is 5.18. The summed E-state index contributed by atoms with van der Waals surface area (Å²) in [6.45, 7) is 3.85. The van der Waals surface area contributed by atoms with Crippen LogP contribution in [0.15, 0.2) is 27.6 Å². The van der Waals surface area contributed by atoms with Gasteiger partial charge in [-0.1, -0.05) is 48.3 Å². The van der Waals surface area contributed by atoms with Crippen molar-refractivity contribution < 1.29 is 14.1 Å². The number of hydrogen-bond donors (Lipinski definition) is 0. The molecular weight excluding hydrogens is 345 g/mol. The Hall–Kier alpha value is -1.17. The van der Waals surface area contributed by atoms with Crippen LogP contribution in [0.1, 0.15) is 41.6 Å². The normalized spacial score (nSPS) is 11.0. The molecule has 0 aliphatic carbocycles. The van der Waals surface area contributed by atoms with Crippen LogP contribution in [0.25, 0.3) is 0 Å². The van der Waals surface area contributed by atoms with Crippen molar-refractivity contribution in [1.29, 1.82) is 0 Å². The molecule has 0 bridgehead atoms. The first kappa shape index (κ1) is 17.2. The topological polar surface area (TPSA) is 52.3 Å². The van der Waals surface area contributed by atoms with Crippen molar-refractivity contribution in [2.45, 2.75) is 30.4 Å². The van der Waals surface area contributed by atoms with E-state index in [0.29, 0.717) is 32.8 Å². The van der Waals surface area contributed by atoms with Crippen molar-refractivity contribution in [3.05, 3.63) is 45.3 Å². The average molecular weight is 360 g/mol. The number of benzene rings is 1. The standard InChI is InChI=1S/C15H15Cl2NO3S/c1-8(2)13-12(15(19)20-3)11(18-21-13)7-22-14-9(16)5-4-6-10(14)17/h4-6,8H,7H2,1-3H3. The SMILES string of the molecule is COC(=O)c1c(CSc2c(Cl)cccc2Cl)noc1C(C)C. The molecule has 0 atom stereocenters. The van der Waals surface area contributed by atoms with E-state index in [4.69, 9.17) is 32.5 Å². The van der Waals surface area contributed by atoms with Gasteiger partial charge >= 0.3 is 5.97 Å². The maximum atomic E-state index is 12.0. The van der Waals surface area contributed by atoms with Crippen molar-refractivity contribution in [2.24, 2.45) is 0 Å². The third-order valence-corrected chi connectivity index (χ3v) is 4.98. The Morgan fingerprint density at radius 2 is 2.00 bits per heavy atom. The number of thioether (sulfide) groups is 1. The van der Waals surface area contributed by atoms with E-state index in [0.717, 1.165) is 4.90 Å². The highest BCUT2D eigenvalue weighted by molar-refractivity contribution is 7.98. The molecule has 0 unspecified atom stereocenters. The lowest BCUT2D eigenvalue weighted by molar-refractivity contribution is 0.0596. The molecule has 1 aromatic carbocycles. The fraction of sp³-hybridized carbons (Fsp3) is 0.333. The number of rotatable bonds is 5. The summed E-state index contributed by atoms with van der Waals surface area (Å²) in [7, 11) is 1.33. The first-order valence-corrected chi connectivity index (χ1v) is 8.33. The van der Waals surface area contributed by atoms with E-state index >= 15 is 0 Å². The van der Waals surface area contributed by atoms with E-state index in [1.807, 2.05) is 13.8 Å².